The van der Waals surface area contributed by atoms with Gasteiger partial charge >= 0.3 is 0 Å². The van der Waals surface area contributed by atoms with Crippen molar-refractivity contribution in [1.82, 2.24) is 5.32 Å². The SMILES string of the molecule is CCCCOCCCNC(=O)c1cccc(OCC)c1. The lowest BCUT2D eigenvalue weighted by atomic mass is 10.2. The maximum absolute atomic E-state index is 11.9. The van der Waals surface area contributed by atoms with Gasteiger partial charge in [-0.25, -0.2) is 0 Å². The number of hydrogen-bond donors (Lipinski definition) is 1. The van der Waals surface area contributed by atoms with Crippen molar-refractivity contribution in [3.63, 3.8) is 0 Å². The monoisotopic (exact) mass is 279 g/mol. The van der Waals surface area contributed by atoms with Crippen molar-refractivity contribution in [3.05, 3.63) is 29.8 Å². The number of amides is 1. The van der Waals surface area contributed by atoms with Crippen LogP contribution in [-0.2, 0) is 4.74 Å². The molecule has 112 valence electrons. The number of unbranched alkanes of at least 4 members (excludes halogenated alkanes) is 1. The van der Waals surface area contributed by atoms with Crippen molar-refractivity contribution in [2.24, 2.45) is 0 Å². The number of rotatable bonds is 10. The Bertz CT molecular complexity index is 393. The van der Waals surface area contributed by atoms with Crippen molar-refractivity contribution in [3.8, 4) is 5.75 Å². The van der Waals surface area contributed by atoms with E-state index in [1.807, 2.05) is 19.1 Å². The first kappa shape index (κ1) is 16.5. The van der Waals surface area contributed by atoms with E-state index < -0.39 is 0 Å². The fourth-order valence-corrected chi connectivity index (χ4v) is 1.72. The van der Waals surface area contributed by atoms with Gasteiger partial charge in [0.2, 0.25) is 0 Å². The molecule has 0 spiro atoms. The van der Waals surface area contributed by atoms with E-state index in [0.29, 0.717) is 25.3 Å². The molecule has 0 heterocycles. The van der Waals surface area contributed by atoms with Crippen molar-refractivity contribution < 1.29 is 14.3 Å². The quantitative estimate of drug-likeness (QED) is 0.670. The van der Waals surface area contributed by atoms with Gasteiger partial charge in [0.25, 0.3) is 5.91 Å². The van der Waals surface area contributed by atoms with Gasteiger partial charge in [0, 0.05) is 25.3 Å². The van der Waals surface area contributed by atoms with Gasteiger partial charge in [-0.3, -0.25) is 4.79 Å². The Labute approximate surface area is 121 Å². The van der Waals surface area contributed by atoms with Gasteiger partial charge in [-0.1, -0.05) is 19.4 Å². The van der Waals surface area contributed by atoms with E-state index in [4.69, 9.17) is 9.47 Å². The fourth-order valence-electron chi connectivity index (χ4n) is 1.72. The smallest absolute Gasteiger partial charge is 0.251 e. The molecule has 1 rings (SSSR count). The Morgan fingerprint density at radius 2 is 2.00 bits per heavy atom. The number of hydrogen-bond acceptors (Lipinski definition) is 3. The number of benzene rings is 1. The molecular formula is C16H25NO3. The van der Waals surface area contributed by atoms with Crippen LogP contribution in [-0.4, -0.2) is 32.3 Å². The van der Waals surface area contributed by atoms with Gasteiger partial charge in [-0.2, -0.15) is 0 Å². The van der Waals surface area contributed by atoms with E-state index in [2.05, 4.69) is 12.2 Å². The Balaban J connectivity index is 2.23. The molecular weight excluding hydrogens is 254 g/mol. The largest absolute Gasteiger partial charge is 0.494 e. The van der Waals surface area contributed by atoms with Crippen LogP contribution in [0.4, 0.5) is 0 Å². The molecule has 1 aromatic rings. The first-order valence-electron chi connectivity index (χ1n) is 7.36. The summed E-state index contributed by atoms with van der Waals surface area (Å²) in [6.07, 6.45) is 3.07. The zero-order valence-electron chi connectivity index (χ0n) is 12.5. The molecule has 20 heavy (non-hydrogen) atoms. The van der Waals surface area contributed by atoms with Gasteiger partial charge in [0.15, 0.2) is 0 Å². The predicted molar refractivity (Wildman–Crippen MR) is 80.3 cm³/mol. The van der Waals surface area contributed by atoms with Crippen LogP contribution in [0.1, 0.15) is 43.5 Å². The summed E-state index contributed by atoms with van der Waals surface area (Å²) in [5.41, 5.74) is 0.628. The lowest BCUT2D eigenvalue weighted by molar-refractivity contribution is 0.0940. The number of carbonyl (C=O) groups is 1. The molecule has 4 nitrogen and oxygen atoms in total. The highest BCUT2D eigenvalue weighted by Gasteiger charge is 2.05. The maximum atomic E-state index is 11.9. The molecule has 0 aliphatic rings. The third kappa shape index (κ3) is 6.57. The molecule has 0 aliphatic heterocycles. The Hall–Kier alpha value is -1.55. The summed E-state index contributed by atoms with van der Waals surface area (Å²) in [7, 11) is 0. The molecule has 0 unspecified atom stereocenters. The van der Waals surface area contributed by atoms with Crippen LogP contribution in [0.15, 0.2) is 24.3 Å². The van der Waals surface area contributed by atoms with E-state index in [0.717, 1.165) is 31.6 Å². The molecule has 0 atom stereocenters. The van der Waals surface area contributed by atoms with Crippen molar-refractivity contribution in [2.75, 3.05) is 26.4 Å². The third-order valence-corrected chi connectivity index (χ3v) is 2.80. The number of nitrogens with one attached hydrogen (secondary N) is 1. The average Bonchev–Trinajstić information content (AvgIpc) is 2.47. The first-order chi connectivity index (χ1) is 9.77. The topological polar surface area (TPSA) is 47.6 Å². The van der Waals surface area contributed by atoms with E-state index in [1.54, 1.807) is 12.1 Å². The van der Waals surface area contributed by atoms with Gasteiger partial charge in [0.05, 0.1) is 6.61 Å². The molecule has 1 aromatic carbocycles. The molecule has 0 aliphatic carbocycles. The van der Waals surface area contributed by atoms with Crippen LogP contribution in [0.25, 0.3) is 0 Å². The van der Waals surface area contributed by atoms with Crippen LogP contribution in [0.3, 0.4) is 0 Å². The minimum absolute atomic E-state index is 0.0693. The Kier molecular flexibility index (Phi) is 8.47. The minimum Gasteiger partial charge on any atom is -0.494 e. The Morgan fingerprint density at radius 3 is 2.75 bits per heavy atom. The van der Waals surface area contributed by atoms with Crippen molar-refractivity contribution in [1.29, 1.82) is 0 Å². The van der Waals surface area contributed by atoms with Gasteiger partial charge < -0.3 is 14.8 Å². The number of carbonyl (C=O) groups excluding carboxylic acids is 1. The molecule has 0 bridgehead atoms. The first-order valence-corrected chi connectivity index (χ1v) is 7.36. The second-order valence-corrected chi connectivity index (χ2v) is 4.54. The Morgan fingerprint density at radius 1 is 1.20 bits per heavy atom. The van der Waals surface area contributed by atoms with Crippen LogP contribution in [0.2, 0.25) is 0 Å². The highest BCUT2D eigenvalue weighted by Crippen LogP contribution is 2.13. The van der Waals surface area contributed by atoms with Crippen LogP contribution in [0, 0.1) is 0 Å². The van der Waals surface area contributed by atoms with E-state index >= 15 is 0 Å². The van der Waals surface area contributed by atoms with E-state index in [-0.39, 0.29) is 5.91 Å². The lowest BCUT2D eigenvalue weighted by Gasteiger charge is -2.08. The highest BCUT2D eigenvalue weighted by molar-refractivity contribution is 5.94. The summed E-state index contributed by atoms with van der Waals surface area (Å²) >= 11 is 0. The number of ether oxygens (including phenoxy) is 2. The summed E-state index contributed by atoms with van der Waals surface area (Å²) in [5, 5.41) is 2.88. The van der Waals surface area contributed by atoms with Gasteiger partial charge in [-0.05, 0) is 38.0 Å². The summed E-state index contributed by atoms with van der Waals surface area (Å²) in [5.74, 6) is 0.656. The van der Waals surface area contributed by atoms with Crippen LogP contribution < -0.4 is 10.1 Å². The molecule has 1 N–H and O–H groups in total. The lowest BCUT2D eigenvalue weighted by Crippen LogP contribution is -2.25. The standard InChI is InChI=1S/C16H25NO3/c1-3-5-11-19-12-7-10-17-16(18)14-8-6-9-15(13-14)20-4-2/h6,8-9,13H,3-5,7,10-12H2,1-2H3,(H,17,18). The highest BCUT2D eigenvalue weighted by atomic mass is 16.5. The second-order valence-electron chi connectivity index (χ2n) is 4.54. The maximum Gasteiger partial charge on any atom is 0.251 e. The van der Waals surface area contributed by atoms with Crippen molar-refractivity contribution in [2.45, 2.75) is 33.1 Å². The summed E-state index contributed by atoms with van der Waals surface area (Å²) in [6.45, 7) is 6.79. The summed E-state index contributed by atoms with van der Waals surface area (Å²) < 4.78 is 10.8. The minimum atomic E-state index is -0.0693. The van der Waals surface area contributed by atoms with Gasteiger partial charge in [-0.15, -0.1) is 0 Å². The molecule has 4 heteroatoms. The van der Waals surface area contributed by atoms with Crippen LogP contribution >= 0.6 is 0 Å². The molecule has 0 fully saturated rings. The van der Waals surface area contributed by atoms with Crippen molar-refractivity contribution >= 4 is 5.91 Å². The third-order valence-electron chi connectivity index (χ3n) is 2.80. The van der Waals surface area contributed by atoms with E-state index in [9.17, 15) is 4.79 Å². The second kappa shape index (κ2) is 10.3. The molecule has 1 amide bonds. The molecule has 0 radical (unpaired) electrons. The van der Waals surface area contributed by atoms with Gasteiger partial charge in [0.1, 0.15) is 5.75 Å². The average molecular weight is 279 g/mol. The molecule has 0 saturated heterocycles. The predicted octanol–water partition coefficient (Wildman–Crippen LogP) is 3.02. The summed E-state index contributed by atoms with van der Waals surface area (Å²) in [4.78, 5) is 11.9. The zero-order chi connectivity index (χ0) is 14.6. The summed E-state index contributed by atoms with van der Waals surface area (Å²) in [6, 6.07) is 7.22. The molecule has 0 saturated carbocycles. The fraction of sp³-hybridized carbons (Fsp3) is 0.562. The van der Waals surface area contributed by atoms with E-state index in [1.165, 1.54) is 0 Å². The zero-order valence-corrected chi connectivity index (χ0v) is 12.5. The normalized spacial score (nSPS) is 10.3. The molecule has 0 aromatic heterocycles. The van der Waals surface area contributed by atoms with Crippen LogP contribution in [0.5, 0.6) is 5.75 Å².